The molecule has 0 aromatic rings. The minimum absolute atomic E-state index is 0.142. The molecule has 0 radical (unpaired) electrons. The van der Waals surface area contributed by atoms with Crippen LogP contribution in [0.1, 0.15) is 82.2 Å². The van der Waals surface area contributed by atoms with Crippen LogP contribution >= 0.6 is 0 Å². The summed E-state index contributed by atoms with van der Waals surface area (Å²) in [7, 11) is -1.31. The molecule has 2 atom stereocenters. The molecular formula is C24H35NO3S. The molecule has 0 bridgehead atoms. The minimum atomic E-state index is -1.31. The van der Waals surface area contributed by atoms with Gasteiger partial charge in [0.2, 0.25) is 0 Å². The molecule has 2 unspecified atom stereocenters. The first-order chi connectivity index (χ1) is 13.5. The largest absolute Gasteiger partial charge is 0.466 e. The van der Waals surface area contributed by atoms with E-state index in [2.05, 4.69) is 56.7 Å². The van der Waals surface area contributed by atoms with E-state index in [0.29, 0.717) is 12.5 Å². The van der Waals surface area contributed by atoms with Crippen molar-refractivity contribution in [3.63, 3.8) is 0 Å². The van der Waals surface area contributed by atoms with Gasteiger partial charge in [-0.05, 0) is 80.8 Å². The van der Waals surface area contributed by atoms with Crippen molar-refractivity contribution in [1.29, 1.82) is 0 Å². The van der Waals surface area contributed by atoms with Crippen LogP contribution in [0.2, 0.25) is 0 Å². The van der Waals surface area contributed by atoms with Gasteiger partial charge in [-0.3, -0.25) is 4.79 Å². The van der Waals surface area contributed by atoms with E-state index in [-0.39, 0.29) is 18.4 Å². The lowest BCUT2D eigenvalue weighted by Gasteiger charge is -2.24. The monoisotopic (exact) mass is 417 g/mol. The Labute approximate surface area is 178 Å². The van der Waals surface area contributed by atoms with Gasteiger partial charge in [-0.15, -0.1) is 0 Å². The van der Waals surface area contributed by atoms with Gasteiger partial charge in [0.05, 0.1) is 34.8 Å². The Kier molecular flexibility index (Phi) is 7.63. The normalized spacial score (nSPS) is 14.2. The molecule has 0 aromatic heterocycles. The summed E-state index contributed by atoms with van der Waals surface area (Å²) in [6.45, 7) is 16.5. The lowest BCUT2D eigenvalue weighted by atomic mass is 9.97. The molecule has 0 saturated heterocycles. The van der Waals surface area contributed by atoms with Crippen LogP contribution in [0.15, 0.2) is 24.3 Å². The van der Waals surface area contributed by atoms with E-state index in [1.807, 2.05) is 20.8 Å². The summed E-state index contributed by atoms with van der Waals surface area (Å²) in [4.78, 5) is 12.3. The fourth-order valence-corrected chi connectivity index (χ4v) is 4.25. The minimum Gasteiger partial charge on any atom is -0.466 e. The first kappa shape index (κ1) is 23.6. The maximum atomic E-state index is 12.9. The molecule has 0 fully saturated rings. The van der Waals surface area contributed by atoms with Crippen molar-refractivity contribution >= 4 is 17.0 Å². The van der Waals surface area contributed by atoms with Gasteiger partial charge < -0.3 is 4.74 Å². The van der Waals surface area contributed by atoms with Crippen molar-refractivity contribution in [2.24, 2.45) is 0 Å². The highest BCUT2D eigenvalue weighted by molar-refractivity contribution is 7.84. The summed E-state index contributed by atoms with van der Waals surface area (Å²) < 4.78 is 20.8. The number of hydrogen-bond acceptors (Lipinski definition) is 3. The van der Waals surface area contributed by atoms with Gasteiger partial charge in [0.25, 0.3) is 0 Å². The quantitative estimate of drug-likeness (QED) is 0.599. The molecule has 0 aliphatic heterocycles. The summed E-state index contributed by atoms with van der Waals surface area (Å²) in [5.74, 6) is 0.133. The maximum Gasteiger partial charge on any atom is 0.307 e. The molecule has 2 aliphatic rings. The van der Waals surface area contributed by atoms with Crippen LogP contribution in [0.25, 0.3) is 11.1 Å². The van der Waals surface area contributed by atoms with E-state index < -0.39 is 15.7 Å². The van der Waals surface area contributed by atoms with E-state index in [4.69, 9.17) is 4.74 Å². The SMILES string of the molecule is CCOC(=O)CC(NS(=O)C(C)(C)C)c1cc(C)c2cc(C(C)C)ccc(C)c1-2. The maximum absolute atomic E-state index is 12.9. The Morgan fingerprint density at radius 3 is 2.34 bits per heavy atom. The van der Waals surface area contributed by atoms with Gasteiger partial charge in [-0.25, -0.2) is 8.93 Å². The van der Waals surface area contributed by atoms with Gasteiger partial charge in [0.1, 0.15) is 0 Å². The molecule has 2 rings (SSSR count). The summed E-state index contributed by atoms with van der Waals surface area (Å²) >= 11 is 0. The molecule has 4 nitrogen and oxygen atoms in total. The van der Waals surface area contributed by atoms with Gasteiger partial charge in [0.15, 0.2) is 0 Å². The number of aryl methyl sites for hydroxylation is 2. The number of fused-ring (bicyclic) bond motifs is 1. The first-order valence-corrected chi connectivity index (χ1v) is 11.5. The third kappa shape index (κ3) is 5.67. The number of ether oxygens (including phenoxy) is 1. The molecule has 0 heterocycles. The third-order valence-corrected chi connectivity index (χ3v) is 6.72. The first-order valence-electron chi connectivity index (χ1n) is 10.3. The van der Waals surface area contributed by atoms with Gasteiger partial charge >= 0.3 is 5.97 Å². The lowest BCUT2D eigenvalue weighted by molar-refractivity contribution is -0.143. The molecule has 1 N–H and O–H groups in total. The second kappa shape index (κ2) is 9.40. The Bertz CT molecular complexity index is 867. The van der Waals surface area contributed by atoms with Crippen molar-refractivity contribution in [2.75, 3.05) is 6.61 Å². The lowest BCUT2D eigenvalue weighted by Crippen LogP contribution is -2.36. The Hall–Kier alpha value is -1.72. The zero-order chi connectivity index (χ0) is 21.9. The zero-order valence-corrected chi connectivity index (χ0v) is 19.8. The Balaban J connectivity index is 2.58. The van der Waals surface area contributed by atoms with Crippen LogP contribution < -0.4 is 4.72 Å². The summed E-state index contributed by atoms with van der Waals surface area (Å²) in [6.07, 6.45) is 0.142. The summed E-state index contributed by atoms with van der Waals surface area (Å²) in [6, 6.07) is 8.30. The average Bonchev–Trinajstić information content (AvgIpc) is 2.81. The molecule has 0 aromatic carbocycles. The number of carbonyl (C=O) groups excluding carboxylic acids is 1. The summed E-state index contributed by atoms with van der Waals surface area (Å²) in [5.41, 5.74) is 6.90. The van der Waals surface area contributed by atoms with E-state index >= 15 is 0 Å². The van der Waals surface area contributed by atoms with Crippen LogP contribution in [0.3, 0.4) is 0 Å². The van der Waals surface area contributed by atoms with Crippen molar-refractivity contribution in [1.82, 2.24) is 4.72 Å². The second-order valence-electron chi connectivity index (χ2n) is 8.95. The highest BCUT2D eigenvalue weighted by Gasteiger charge is 2.29. The molecule has 160 valence electrons. The highest BCUT2D eigenvalue weighted by atomic mass is 32.2. The van der Waals surface area contributed by atoms with Crippen molar-refractivity contribution in [3.8, 4) is 11.1 Å². The predicted molar refractivity (Wildman–Crippen MR) is 122 cm³/mol. The number of nitrogens with one attached hydrogen (secondary N) is 1. The topological polar surface area (TPSA) is 55.4 Å². The molecule has 29 heavy (non-hydrogen) atoms. The molecule has 2 aliphatic carbocycles. The average molecular weight is 418 g/mol. The molecule has 0 saturated carbocycles. The smallest absolute Gasteiger partial charge is 0.307 e. The fourth-order valence-electron chi connectivity index (χ4n) is 3.42. The van der Waals surface area contributed by atoms with E-state index in [9.17, 15) is 9.00 Å². The summed E-state index contributed by atoms with van der Waals surface area (Å²) in [5, 5.41) is 0. The molecular weight excluding hydrogens is 382 g/mol. The molecule has 5 heteroatoms. The molecule has 0 amide bonds. The van der Waals surface area contributed by atoms with Crippen molar-refractivity contribution in [3.05, 3.63) is 46.5 Å². The van der Waals surface area contributed by atoms with Gasteiger partial charge in [-0.2, -0.15) is 0 Å². The van der Waals surface area contributed by atoms with E-state index in [1.54, 1.807) is 6.92 Å². The van der Waals surface area contributed by atoms with Crippen LogP contribution in [0.4, 0.5) is 0 Å². The van der Waals surface area contributed by atoms with Gasteiger partial charge in [0, 0.05) is 0 Å². The van der Waals surface area contributed by atoms with Crippen LogP contribution in [-0.4, -0.2) is 21.5 Å². The van der Waals surface area contributed by atoms with Crippen LogP contribution in [0, 0.1) is 13.8 Å². The van der Waals surface area contributed by atoms with E-state index in [1.165, 1.54) is 11.1 Å². The Morgan fingerprint density at radius 2 is 1.79 bits per heavy atom. The number of esters is 1. The van der Waals surface area contributed by atoms with E-state index in [0.717, 1.165) is 22.3 Å². The number of rotatable bonds is 7. The number of hydrogen-bond donors (Lipinski definition) is 1. The van der Waals surface area contributed by atoms with Crippen molar-refractivity contribution < 1.29 is 13.7 Å². The second-order valence-corrected chi connectivity index (χ2v) is 10.9. The van der Waals surface area contributed by atoms with Gasteiger partial charge in [-0.1, -0.05) is 38.1 Å². The molecule has 0 spiro atoms. The third-order valence-electron chi connectivity index (χ3n) is 5.11. The van der Waals surface area contributed by atoms with Crippen LogP contribution in [-0.2, 0) is 20.5 Å². The van der Waals surface area contributed by atoms with Crippen LogP contribution in [0.5, 0.6) is 0 Å². The standard InChI is InChI=1S/C24H35NO3S/c1-9-28-22(26)14-21(25-29(27)24(6,7)8)20-12-17(5)19-13-18(15(2)3)11-10-16(4)23(19)20/h10-13,15,21,25H,9,14H2,1-8H3. The number of carbonyl (C=O) groups is 1. The highest BCUT2D eigenvalue weighted by Crippen LogP contribution is 2.40. The zero-order valence-electron chi connectivity index (χ0n) is 19.0. The van der Waals surface area contributed by atoms with Crippen molar-refractivity contribution in [2.45, 2.75) is 78.5 Å². The fraction of sp³-hybridized carbons (Fsp3) is 0.542. The predicted octanol–water partition coefficient (Wildman–Crippen LogP) is 5.58. The Morgan fingerprint density at radius 1 is 1.14 bits per heavy atom.